The van der Waals surface area contributed by atoms with Crippen molar-refractivity contribution in [3.8, 4) is 11.6 Å². The summed E-state index contributed by atoms with van der Waals surface area (Å²) in [6.45, 7) is 3.61. The lowest BCUT2D eigenvalue weighted by Crippen LogP contribution is -2.18. The molecule has 0 aliphatic rings. The molecule has 0 saturated heterocycles. The van der Waals surface area contributed by atoms with Crippen molar-refractivity contribution in [3.63, 3.8) is 0 Å². The summed E-state index contributed by atoms with van der Waals surface area (Å²) in [6.07, 6.45) is 0. The number of hydrogen-bond donors (Lipinski definition) is 2. The molecule has 0 fully saturated rings. The van der Waals surface area contributed by atoms with Gasteiger partial charge in [-0.05, 0) is 31.5 Å². The van der Waals surface area contributed by atoms with Gasteiger partial charge in [0.05, 0.1) is 11.3 Å². The highest BCUT2D eigenvalue weighted by molar-refractivity contribution is 6.00. The molecule has 0 bridgehead atoms. The van der Waals surface area contributed by atoms with Gasteiger partial charge in [0.15, 0.2) is 5.84 Å². The number of aromatic nitrogens is 2. The monoisotopic (exact) mass is 258 g/mol. The van der Waals surface area contributed by atoms with Crippen LogP contribution in [0.2, 0.25) is 0 Å². The molecule has 0 unspecified atom stereocenters. The average Bonchev–Trinajstić information content (AvgIpc) is 2.44. The first-order valence-corrected chi connectivity index (χ1v) is 5.68. The Morgan fingerprint density at radius 2 is 1.89 bits per heavy atom. The molecule has 2 rings (SSSR count). The van der Waals surface area contributed by atoms with E-state index in [1.54, 1.807) is 19.1 Å². The smallest absolute Gasteiger partial charge is 0.250 e. The van der Waals surface area contributed by atoms with E-state index in [4.69, 9.17) is 15.7 Å². The van der Waals surface area contributed by atoms with Crippen LogP contribution >= 0.6 is 0 Å². The lowest BCUT2D eigenvalue weighted by Gasteiger charge is -2.11. The van der Waals surface area contributed by atoms with Crippen LogP contribution in [0.3, 0.4) is 0 Å². The SMILES string of the molecule is Cc1nnc(Oc2ccccc2)c(/C(N)=N/O)c1C. The first-order valence-electron chi connectivity index (χ1n) is 5.68. The molecule has 0 radical (unpaired) electrons. The summed E-state index contributed by atoms with van der Waals surface area (Å²) in [5, 5.41) is 19.8. The van der Waals surface area contributed by atoms with Crippen molar-refractivity contribution >= 4 is 5.84 Å². The highest BCUT2D eigenvalue weighted by Crippen LogP contribution is 2.25. The molecule has 6 nitrogen and oxygen atoms in total. The summed E-state index contributed by atoms with van der Waals surface area (Å²) in [5.74, 6) is 0.762. The molecular formula is C13H14N4O2. The number of ether oxygens (including phenoxy) is 1. The molecule has 0 spiro atoms. The molecule has 0 aliphatic heterocycles. The maximum atomic E-state index is 8.85. The maximum Gasteiger partial charge on any atom is 0.250 e. The van der Waals surface area contributed by atoms with Gasteiger partial charge in [0.1, 0.15) is 5.75 Å². The highest BCUT2D eigenvalue weighted by atomic mass is 16.5. The van der Waals surface area contributed by atoms with E-state index in [9.17, 15) is 0 Å². The highest BCUT2D eigenvalue weighted by Gasteiger charge is 2.17. The molecule has 1 aromatic heterocycles. The number of hydrogen-bond acceptors (Lipinski definition) is 5. The molecule has 1 aromatic carbocycles. The van der Waals surface area contributed by atoms with Crippen LogP contribution < -0.4 is 10.5 Å². The Kier molecular flexibility index (Phi) is 3.61. The second-order valence-electron chi connectivity index (χ2n) is 3.99. The fourth-order valence-electron chi connectivity index (χ4n) is 1.61. The zero-order chi connectivity index (χ0) is 13.8. The molecule has 0 amide bonds. The van der Waals surface area contributed by atoms with Crippen LogP contribution in [-0.4, -0.2) is 21.2 Å². The van der Waals surface area contributed by atoms with Crippen molar-refractivity contribution in [1.29, 1.82) is 0 Å². The number of para-hydroxylation sites is 1. The number of nitrogens with zero attached hydrogens (tertiary/aromatic N) is 3. The van der Waals surface area contributed by atoms with E-state index in [2.05, 4.69) is 15.4 Å². The molecule has 3 N–H and O–H groups in total. The topological polar surface area (TPSA) is 93.6 Å². The van der Waals surface area contributed by atoms with E-state index < -0.39 is 0 Å². The third kappa shape index (κ3) is 2.62. The lowest BCUT2D eigenvalue weighted by molar-refractivity contribution is 0.318. The Morgan fingerprint density at radius 3 is 2.53 bits per heavy atom. The summed E-state index contributed by atoms with van der Waals surface area (Å²) < 4.78 is 5.62. The summed E-state index contributed by atoms with van der Waals surface area (Å²) >= 11 is 0. The van der Waals surface area contributed by atoms with Gasteiger partial charge in [-0.2, -0.15) is 5.10 Å². The maximum absolute atomic E-state index is 8.85. The zero-order valence-electron chi connectivity index (χ0n) is 10.7. The third-order valence-corrected chi connectivity index (χ3v) is 2.74. The Bertz CT molecular complexity index is 612. The van der Waals surface area contributed by atoms with Crippen molar-refractivity contribution in [2.75, 3.05) is 0 Å². The van der Waals surface area contributed by atoms with Gasteiger partial charge in [-0.3, -0.25) is 0 Å². The molecule has 19 heavy (non-hydrogen) atoms. The lowest BCUT2D eigenvalue weighted by atomic mass is 10.1. The standard InChI is InChI=1S/C13H14N4O2/c1-8-9(2)15-16-13(11(8)12(14)17-18)19-10-6-4-3-5-7-10/h3-7,18H,1-2H3,(H2,14,17). The van der Waals surface area contributed by atoms with E-state index >= 15 is 0 Å². The van der Waals surface area contributed by atoms with Gasteiger partial charge in [-0.1, -0.05) is 23.4 Å². The second kappa shape index (κ2) is 5.34. The Labute approximate surface area is 110 Å². The van der Waals surface area contributed by atoms with Crippen LogP contribution in [0.25, 0.3) is 0 Å². The minimum absolute atomic E-state index is 0.0542. The number of rotatable bonds is 3. The predicted octanol–water partition coefficient (Wildman–Crippen LogP) is 1.98. The summed E-state index contributed by atoms with van der Waals surface area (Å²) in [6, 6.07) is 9.13. The van der Waals surface area contributed by atoms with Crippen molar-refractivity contribution in [3.05, 3.63) is 47.2 Å². The van der Waals surface area contributed by atoms with Gasteiger partial charge in [-0.25, -0.2) is 0 Å². The van der Waals surface area contributed by atoms with Gasteiger partial charge >= 0.3 is 0 Å². The van der Waals surface area contributed by atoms with Crippen LogP contribution in [0.15, 0.2) is 35.5 Å². The molecule has 6 heteroatoms. The Balaban J connectivity index is 2.49. The molecule has 98 valence electrons. The van der Waals surface area contributed by atoms with E-state index in [0.717, 1.165) is 5.56 Å². The van der Waals surface area contributed by atoms with Gasteiger partial charge < -0.3 is 15.7 Å². The largest absolute Gasteiger partial charge is 0.437 e. The number of oxime groups is 1. The van der Waals surface area contributed by atoms with E-state index in [0.29, 0.717) is 17.0 Å². The minimum atomic E-state index is -0.0542. The van der Waals surface area contributed by atoms with E-state index in [-0.39, 0.29) is 11.7 Å². The van der Waals surface area contributed by atoms with E-state index in [1.807, 2.05) is 25.1 Å². The van der Waals surface area contributed by atoms with Crippen LogP contribution in [0.4, 0.5) is 0 Å². The Hall–Kier alpha value is -2.63. The molecule has 0 aliphatic carbocycles. The second-order valence-corrected chi connectivity index (χ2v) is 3.99. The Morgan fingerprint density at radius 1 is 1.21 bits per heavy atom. The molecule has 0 saturated carbocycles. The first kappa shape index (κ1) is 12.8. The van der Waals surface area contributed by atoms with Crippen LogP contribution in [0.1, 0.15) is 16.8 Å². The summed E-state index contributed by atoms with van der Waals surface area (Å²) in [7, 11) is 0. The molecule has 1 heterocycles. The minimum Gasteiger partial charge on any atom is -0.437 e. The van der Waals surface area contributed by atoms with Crippen molar-refractivity contribution in [2.24, 2.45) is 10.9 Å². The molecular weight excluding hydrogens is 244 g/mol. The van der Waals surface area contributed by atoms with Gasteiger partial charge in [-0.15, -0.1) is 5.10 Å². The van der Waals surface area contributed by atoms with Crippen LogP contribution in [0.5, 0.6) is 11.6 Å². The molecule has 0 atom stereocenters. The number of nitrogens with two attached hydrogens (primary N) is 1. The van der Waals surface area contributed by atoms with Crippen molar-refractivity contribution in [2.45, 2.75) is 13.8 Å². The van der Waals surface area contributed by atoms with Gasteiger partial charge in [0, 0.05) is 0 Å². The van der Waals surface area contributed by atoms with Crippen LogP contribution in [0, 0.1) is 13.8 Å². The number of aryl methyl sites for hydroxylation is 1. The third-order valence-electron chi connectivity index (χ3n) is 2.74. The summed E-state index contributed by atoms with van der Waals surface area (Å²) in [4.78, 5) is 0. The van der Waals surface area contributed by atoms with Crippen LogP contribution in [-0.2, 0) is 0 Å². The average molecular weight is 258 g/mol. The van der Waals surface area contributed by atoms with Gasteiger partial charge in [0.2, 0.25) is 5.88 Å². The fourth-order valence-corrected chi connectivity index (χ4v) is 1.61. The summed E-state index contributed by atoms with van der Waals surface area (Å²) in [5.41, 5.74) is 7.57. The van der Waals surface area contributed by atoms with E-state index in [1.165, 1.54) is 0 Å². The first-order chi connectivity index (χ1) is 9.13. The normalized spacial score (nSPS) is 11.4. The zero-order valence-corrected chi connectivity index (χ0v) is 10.7. The van der Waals surface area contributed by atoms with Crippen molar-refractivity contribution in [1.82, 2.24) is 10.2 Å². The predicted molar refractivity (Wildman–Crippen MR) is 70.5 cm³/mol. The number of amidine groups is 1. The quantitative estimate of drug-likeness (QED) is 0.380. The number of benzene rings is 1. The van der Waals surface area contributed by atoms with Gasteiger partial charge in [0.25, 0.3) is 0 Å². The van der Waals surface area contributed by atoms with Crippen molar-refractivity contribution < 1.29 is 9.94 Å². The fraction of sp³-hybridized carbons (Fsp3) is 0.154. The molecule has 2 aromatic rings.